The number of nitrogens with zero attached hydrogens (tertiary/aromatic N) is 3. The second-order valence-electron chi connectivity index (χ2n) is 6.80. The van der Waals surface area contributed by atoms with Crippen LogP contribution in [-0.2, 0) is 20.0 Å². The number of carbonyl (C=O) groups excluding carboxylic acids is 2. The molecule has 1 aromatic carbocycles. The molecule has 148 valence electrons. The van der Waals surface area contributed by atoms with Crippen molar-refractivity contribution in [1.29, 1.82) is 0 Å². The number of carbonyl (C=O) groups is 2. The lowest BCUT2D eigenvalue weighted by atomic mass is 9.95. The predicted molar refractivity (Wildman–Crippen MR) is 101 cm³/mol. The second kappa shape index (κ2) is 7.27. The van der Waals surface area contributed by atoms with Gasteiger partial charge in [0.05, 0.1) is 10.6 Å². The molecule has 1 aliphatic rings. The van der Waals surface area contributed by atoms with E-state index in [-0.39, 0.29) is 41.4 Å². The number of rotatable bonds is 3. The molecule has 0 bridgehead atoms. The van der Waals surface area contributed by atoms with E-state index >= 15 is 0 Å². The molecule has 2 amide bonds. The quantitative estimate of drug-likeness (QED) is 0.840. The third-order valence-electron chi connectivity index (χ3n) is 4.80. The third kappa shape index (κ3) is 3.13. The number of pyridine rings is 1. The molecule has 1 aliphatic heterocycles. The molecule has 0 aliphatic carbocycles. The van der Waals surface area contributed by atoms with Gasteiger partial charge in [-0.15, -0.1) is 0 Å². The first kappa shape index (κ1) is 19.9. The highest BCUT2D eigenvalue weighted by Gasteiger charge is 2.34. The van der Waals surface area contributed by atoms with Gasteiger partial charge in [0.15, 0.2) is 5.75 Å². The van der Waals surface area contributed by atoms with E-state index in [9.17, 15) is 23.9 Å². The molecular weight excluding hydrogens is 389 g/mol. The van der Waals surface area contributed by atoms with Crippen molar-refractivity contribution in [3.05, 3.63) is 61.8 Å². The summed E-state index contributed by atoms with van der Waals surface area (Å²) in [5.74, 6) is -2.42. The van der Waals surface area contributed by atoms with Gasteiger partial charge >= 0.3 is 0 Å². The summed E-state index contributed by atoms with van der Waals surface area (Å²) in [5, 5.41) is 10.3. The van der Waals surface area contributed by atoms with Gasteiger partial charge in [-0.2, -0.15) is 0 Å². The average molecular weight is 408 g/mol. The minimum Gasteiger partial charge on any atom is -0.502 e. The van der Waals surface area contributed by atoms with Crippen molar-refractivity contribution in [2.45, 2.75) is 13.0 Å². The molecule has 7 nitrogen and oxygen atoms in total. The van der Waals surface area contributed by atoms with Crippen molar-refractivity contribution in [3.63, 3.8) is 0 Å². The van der Waals surface area contributed by atoms with Crippen LogP contribution in [-0.4, -0.2) is 51.9 Å². The van der Waals surface area contributed by atoms with Gasteiger partial charge in [-0.25, -0.2) is 4.39 Å². The fourth-order valence-electron chi connectivity index (χ4n) is 3.32. The largest absolute Gasteiger partial charge is 0.502 e. The Bertz CT molecular complexity index is 1050. The Labute approximate surface area is 165 Å². The van der Waals surface area contributed by atoms with Crippen LogP contribution in [0.5, 0.6) is 5.75 Å². The molecule has 0 fully saturated rings. The molecular formula is C19H19ClFN3O4. The van der Waals surface area contributed by atoms with Gasteiger partial charge in [0.2, 0.25) is 0 Å². The maximum Gasteiger partial charge on any atom is 0.293 e. The van der Waals surface area contributed by atoms with Crippen LogP contribution in [0.3, 0.4) is 0 Å². The summed E-state index contributed by atoms with van der Waals surface area (Å²) in [6.45, 7) is 0.124. The van der Waals surface area contributed by atoms with E-state index in [1.54, 1.807) is 6.07 Å². The standard InChI is InChI=1S/C19H19ClFN3O4/c1-22(2)18(27)15-11-7-8-24(9-10-5-4-6-12(20)14(10)21)17(26)13(11)16(25)19(28)23(15)3/h4-6,25H,7-9H2,1-3H3. The van der Waals surface area contributed by atoms with Crippen LogP contribution in [0.15, 0.2) is 23.0 Å². The summed E-state index contributed by atoms with van der Waals surface area (Å²) in [4.78, 5) is 40.5. The van der Waals surface area contributed by atoms with Crippen molar-refractivity contribution in [2.24, 2.45) is 7.05 Å². The summed E-state index contributed by atoms with van der Waals surface area (Å²) in [7, 11) is 4.44. The van der Waals surface area contributed by atoms with E-state index in [0.717, 1.165) is 4.57 Å². The first-order valence-corrected chi connectivity index (χ1v) is 8.91. The van der Waals surface area contributed by atoms with Crippen LogP contribution >= 0.6 is 11.6 Å². The second-order valence-corrected chi connectivity index (χ2v) is 7.21. The molecule has 9 heteroatoms. The maximum atomic E-state index is 14.2. The minimum atomic E-state index is -0.840. The third-order valence-corrected chi connectivity index (χ3v) is 5.09. The molecule has 2 aromatic rings. The van der Waals surface area contributed by atoms with Gasteiger partial charge in [0.1, 0.15) is 11.5 Å². The van der Waals surface area contributed by atoms with E-state index in [1.807, 2.05) is 0 Å². The SMILES string of the molecule is CN(C)C(=O)c1c2c(c(O)c(=O)n1C)C(=O)N(Cc1cccc(Cl)c1F)CC2. The molecule has 1 aromatic heterocycles. The lowest BCUT2D eigenvalue weighted by molar-refractivity contribution is 0.0718. The van der Waals surface area contributed by atoms with Crippen LogP contribution < -0.4 is 5.56 Å². The van der Waals surface area contributed by atoms with Gasteiger partial charge in [-0.1, -0.05) is 23.7 Å². The van der Waals surface area contributed by atoms with Crippen molar-refractivity contribution in [2.75, 3.05) is 20.6 Å². The summed E-state index contributed by atoms with van der Waals surface area (Å²) in [5.41, 5.74) is -0.455. The molecule has 2 heterocycles. The Kier molecular flexibility index (Phi) is 5.16. The van der Waals surface area contributed by atoms with E-state index in [0.29, 0.717) is 5.56 Å². The molecule has 0 radical (unpaired) electrons. The van der Waals surface area contributed by atoms with Crippen LogP contribution in [0.1, 0.15) is 32.0 Å². The summed E-state index contributed by atoms with van der Waals surface area (Å²) < 4.78 is 15.3. The van der Waals surface area contributed by atoms with Crippen molar-refractivity contribution < 1.29 is 19.1 Å². The van der Waals surface area contributed by atoms with Crippen LogP contribution in [0.4, 0.5) is 4.39 Å². The summed E-state index contributed by atoms with van der Waals surface area (Å²) >= 11 is 5.79. The highest BCUT2D eigenvalue weighted by Crippen LogP contribution is 2.29. The molecule has 0 saturated heterocycles. The van der Waals surface area contributed by atoms with Crippen LogP contribution in [0, 0.1) is 5.82 Å². The lowest BCUT2D eigenvalue weighted by Gasteiger charge is -2.31. The Morgan fingerprint density at radius 2 is 2.00 bits per heavy atom. The highest BCUT2D eigenvalue weighted by atomic mass is 35.5. The van der Waals surface area contributed by atoms with E-state index in [2.05, 4.69) is 0 Å². The maximum absolute atomic E-state index is 14.2. The van der Waals surface area contributed by atoms with Crippen molar-refractivity contribution >= 4 is 23.4 Å². The van der Waals surface area contributed by atoms with Gasteiger partial charge < -0.3 is 19.5 Å². The molecule has 3 rings (SSSR count). The highest BCUT2D eigenvalue weighted by molar-refractivity contribution is 6.30. The van der Waals surface area contributed by atoms with E-state index < -0.39 is 28.9 Å². The van der Waals surface area contributed by atoms with E-state index in [1.165, 1.54) is 43.1 Å². The number of fused-ring (bicyclic) bond motifs is 1. The van der Waals surface area contributed by atoms with Crippen molar-refractivity contribution in [3.8, 4) is 5.75 Å². The molecule has 0 atom stereocenters. The Hall–Kier alpha value is -2.87. The molecule has 28 heavy (non-hydrogen) atoms. The van der Waals surface area contributed by atoms with Crippen LogP contribution in [0.25, 0.3) is 0 Å². The molecule has 0 spiro atoms. The summed E-state index contributed by atoms with van der Waals surface area (Å²) in [6.07, 6.45) is 0.236. The topological polar surface area (TPSA) is 82.9 Å². The fraction of sp³-hybridized carbons (Fsp3) is 0.316. The predicted octanol–water partition coefficient (Wildman–Crippen LogP) is 1.78. The zero-order chi connectivity index (χ0) is 20.7. The van der Waals surface area contributed by atoms with Gasteiger partial charge in [-0.3, -0.25) is 14.4 Å². The number of aromatic nitrogens is 1. The average Bonchev–Trinajstić information content (AvgIpc) is 2.65. The Morgan fingerprint density at radius 3 is 2.64 bits per heavy atom. The molecule has 0 unspecified atom stereocenters. The number of halogens is 2. The van der Waals surface area contributed by atoms with E-state index in [4.69, 9.17) is 11.6 Å². The smallest absolute Gasteiger partial charge is 0.293 e. The number of hydrogen-bond donors (Lipinski definition) is 1. The number of aromatic hydroxyl groups is 1. The molecule has 1 N–H and O–H groups in total. The normalized spacial score (nSPS) is 13.5. The lowest BCUT2D eigenvalue weighted by Crippen LogP contribution is -2.42. The number of hydrogen-bond acceptors (Lipinski definition) is 4. The van der Waals surface area contributed by atoms with Gasteiger partial charge in [-0.05, 0) is 12.5 Å². The number of amides is 2. The Morgan fingerprint density at radius 1 is 1.32 bits per heavy atom. The van der Waals surface area contributed by atoms with Gasteiger partial charge in [0, 0.05) is 45.4 Å². The summed E-state index contributed by atoms with van der Waals surface area (Å²) in [6, 6.07) is 4.49. The van der Waals surface area contributed by atoms with Gasteiger partial charge in [0.25, 0.3) is 17.4 Å². The molecule has 0 saturated carbocycles. The van der Waals surface area contributed by atoms with Crippen molar-refractivity contribution in [1.82, 2.24) is 14.4 Å². The monoisotopic (exact) mass is 407 g/mol. The first-order chi connectivity index (χ1) is 13.1. The Balaban J connectivity index is 2.09. The first-order valence-electron chi connectivity index (χ1n) is 8.53. The fourth-order valence-corrected chi connectivity index (χ4v) is 3.52. The zero-order valence-electron chi connectivity index (χ0n) is 15.6. The minimum absolute atomic E-state index is 0.0575. The zero-order valence-corrected chi connectivity index (χ0v) is 16.4. The number of benzene rings is 1. The van der Waals surface area contributed by atoms with Crippen LogP contribution in [0.2, 0.25) is 5.02 Å².